The van der Waals surface area contributed by atoms with E-state index in [1.54, 1.807) is 6.20 Å². The molecule has 9 atom stereocenters. The monoisotopic (exact) mass is 788 g/mol. The lowest BCUT2D eigenvalue weighted by Crippen LogP contribution is -2.54. The normalized spacial score (nSPS) is 26.6. The van der Waals surface area contributed by atoms with Crippen LogP contribution in [0, 0.1) is 35.5 Å². The van der Waals surface area contributed by atoms with Gasteiger partial charge in [0.05, 0.1) is 31.5 Å². The Bertz CT molecular complexity index is 2320. The molecule has 15 nitrogen and oxygen atoms in total. The lowest BCUT2D eigenvalue weighted by molar-refractivity contribution is -0.138. The third-order valence-corrected chi connectivity index (χ3v) is 12.6. The number of ether oxygens (including phenoxy) is 2. The molecule has 4 amide bonds. The van der Waals surface area contributed by atoms with Crippen molar-refractivity contribution in [3.05, 3.63) is 71.7 Å². The number of H-pyrrole nitrogens is 2. The van der Waals surface area contributed by atoms with Gasteiger partial charge in [-0.1, -0.05) is 38.0 Å². The number of carboxylic acid groups (broad SMARTS) is 1. The molecule has 3 saturated heterocycles. The van der Waals surface area contributed by atoms with Crippen molar-refractivity contribution >= 4 is 34.8 Å². The van der Waals surface area contributed by atoms with E-state index in [1.807, 2.05) is 60.2 Å². The summed E-state index contributed by atoms with van der Waals surface area (Å²) in [7, 11) is 1.29. The number of hydrogen-bond donors (Lipinski definition) is 5. The lowest BCUT2D eigenvalue weighted by Gasteiger charge is -2.35. The summed E-state index contributed by atoms with van der Waals surface area (Å²) < 4.78 is 10.4. The summed E-state index contributed by atoms with van der Waals surface area (Å²) in [4.78, 5) is 71.6. The maximum absolute atomic E-state index is 14.0. The summed E-state index contributed by atoms with van der Waals surface area (Å²) in [5, 5.41) is 16.9. The van der Waals surface area contributed by atoms with Crippen molar-refractivity contribution in [2.45, 2.75) is 88.6 Å². The van der Waals surface area contributed by atoms with E-state index in [4.69, 9.17) is 19.4 Å². The Morgan fingerprint density at radius 3 is 2.26 bits per heavy atom. The van der Waals surface area contributed by atoms with Crippen LogP contribution in [-0.4, -0.2) is 103 Å². The summed E-state index contributed by atoms with van der Waals surface area (Å²) in [6.07, 6.45) is 6.83. The van der Waals surface area contributed by atoms with Crippen molar-refractivity contribution in [2.75, 3.05) is 20.3 Å². The van der Waals surface area contributed by atoms with Crippen molar-refractivity contribution in [1.82, 2.24) is 40.4 Å². The third kappa shape index (κ3) is 7.25. The zero-order valence-electron chi connectivity index (χ0n) is 32.7. The molecular formula is C43H48N8O7. The fourth-order valence-corrected chi connectivity index (χ4v) is 9.44. The SMILES string of the molecule is COC(=O)N[C@H](C(=O)N1[C@@H]2C[C@H]2C[C@H]1c1nc(C#Cc2ccc3cc(-c4c[nH]c([C@@H]5C[C@H]6C[C@H]6N5C(=O)[C@@H](NC(=O)O)[C@@H]5CCCOC5)n4)ccc3c2)c[nH]1)C(C)C. The zero-order valence-corrected chi connectivity index (χ0v) is 32.7. The number of benzene rings is 2. The number of amides is 4. The first kappa shape index (κ1) is 37.7. The highest BCUT2D eigenvalue weighted by atomic mass is 16.5. The van der Waals surface area contributed by atoms with Gasteiger partial charge in [0.1, 0.15) is 29.4 Å². The summed E-state index contributed by atoms with van der Waals surface area (Å²) >= 11 is 0. The van der Waals surface area contributed by atoms with Crippen LogP contribution in [0.25, 0.3) is 22.0 Å². The molecule has 5 aliphatic rings. The quantitative estimate of drug-likeness (QED) is 0.143. The van der Waals surface area contributed by atoms with Crippen LogP contribution in [0.3, 0.4) is 0 Å². The first-order valence-corrected chi connectivity index (χ1v) is 20.3. The van der Waals surface area contributed by atoms with Crippen molar-refractivity contribution in [3.63, 3.8) is 0 Å². The molecule has 0 bridgehead atoms. The second-order valence-corrected chi connectivity index (χ2v) is 16.8. The maximum Gasteiger partial charge on any atom is 0.407 e. The topological polar surface area (TPSA) is 195 Å². The van der Waals surface area contributed by atoms with Gasteiger partial charge in [-0.3, -0.25) is 9.59 Å². The summed E-state index contributed by atoms with van der Waals surface area (Å²) in [5.74, 6) is 8.00. The first-order chi connectivity index (χ1) is 28.1. The fraction of sp³-hybridized carbons (Fsp3) is 0.488. The van der Waals surface area contributed by atoms with Gasteiger partial charge in [-0.05, 0) is 91.2 Å². The number of hydrogen-bond acceptors (Lipinski definition) is 8. The van der Waals surface area contributed by atoms with Gasteiger partial charge in [0.25, 0.3) is 0 Å². The molecule has 58 heavy (non-hydrogen) atoms. The van der Waals surface area contributed by atoms with E-state index in [-0.39, 0.29) is 47.8 Å². The number of imidazole rings is 2. The van der Waals surface area contributed by atoms with E-state index in [2.05, 4.69) is 38.5 Å². The number of aromatic amines is 2. The fourth-order valence-electron chi connectivity index (χ4n) is 9.44. The molecule has 3 aliphatic heterocycles. The highest BCUT2D eigenvalue weighted by molar-refractivity contribution is 5.89. The van der Waals surface area contributed by atoms with Crippen molar-refractivity contribution < 1.29 is 33.8 Å². The Hall–Kier alpha value is -5.88. The molecule has 0 unspecified atom stereocenters. The molecule has 2 saturated carbocycles. The second kappa shape index (κ2) is 15.1. The van der Waals surface area contributed by atoms with Gasteiger partial charge in [-0.25, -0.2) is 19.6 Å². The number of rotatable bonds is 9. The van der Waals surface area contributed by atoms with Crippen LogP contribution < -0.4 is 10.6 Å². The summed E-state index contributed by atoms with van der Waals surface area (Å²) in [6, 6.07) is 10.4. The highest BCUT2D eigenvalue weighted by Crippen LogP contribution is 2.54. The molecule has 0 radical (unpaired) electrons. The van der Waals surface area contributed by atoms with Crippen LogP contribution in [0.2, 0.25) is 0 Å². The molecule has 2 aromatic heterocycles. The number of carbonyl (C=O) groups excluding carboxylic acids is 3. The Balaban J connectivity index is 0.881. The average molecular weight is 789 g/mol. The summed E-state index contributed by atoms with van der Waals surface area (Å²) in [6.45, 7) is 4.80. The van der Waals surface area contributed by atoms with Gasteiger partial charge in [0.15, 0.2) is 0 Å². The number of likely N-dealkylation sites (tertiary alicyclic amines) is 2. The predicted molar refractivity (Wildman–Crippen MR) is 211 cm³/mol. The van der Waals surface area contributed by atoms with Gasteiger partial charge in [0, 0.05) is 48.1 Å². The van der Waals surface area contributed by atoms with Crippen LogP contribution in [0.4, 0.5) is 9.59 Å². The Morgan fingerprint density at radius 1 is 0.879 bits per heavy atom. The van der Waals surface area contributed by atoms with E-state index in [1.165, 1.54) is 7.11 Å². The average Bonchev–Trinajstić information content (AvgIpc) is 3.82. The van der Waals surface area contributed by atoms with Crippen LogP contribution in [0.5, 0.6) is 0 Å². The number of fused-ring (bicyclic) bond motifs is 3. The Labute approximate surface area is 335 Å². The minimum absolute atomic E-state index is 0.0985. The lowest BCUT2D eigenvalue weighted by atomic mass is 9.92. The number of carbonyl (C=O) groups is 4. The molecule has 4 aromatic rings. The molecule has 0 spiro atoms. The zero-order chi connectivity index (χ0) is 40.2. The van der Waals surface area contributed by atoms with Gasteiger partial charge < -0.3 is 45.0 Å². The van der Waals surface area contributed by atoms with E-state index < -0.39 is 24.3 Å². The molecule has 2 aromatic carbocycles. The maximum atomic E-state index is 14.0. The number of piperidine rings is 2. The largest absolute Gasteiger partial charge is 0.465 e. The van der Waals surface area contributed by atoms with E-state index in [9.17, 15) is 24.3 Å². The van der Waals surface area contributed by atoms with Crippen LogP contribution in [0.15, 0.2) is 48.8 Å². The standard InChI is InChI=1S/C43H48N8O7/c1-22(2)36(49-43(56)57-3)40(52)50-32-15-28(32)17-34(50)38-44-19-30(46-38)11-7-23-6-8-25-14-26(10-9-24(25)13-23)31-20-45-39(47-31)35-18-29-16-33(29)51(35)41(53)37(48-42(54)55)27-5-4-12-58-21-27/h6,8-10,13-14,19-20,22,27-29,32-37,48H,4-5,12,15-18,21H2,1-3H3,(H,44,46)(H,45,47)(H,49,56)(H,54,55)/t27-,28+,29-,32-,33-,34+,35+,36+,37+/m1/s1. The van der Waals surface area contributed by atoms with Gasteiger partial charge in [0.2, 0.25) is 11.8 Å². The highest BCUT2D eigenvalue weighted by Gasteiger charge is 2.57. The first-order valence-electron chi connectivity index (χ1n) is 20.3. The van der Waals surface area contributed by atoms with Gasteiger partial charge in [-0.15, -0.1) is 0 Å². The third-order valence-electron chi connectivity index (χ3n) is 12.6. The summed E-state index contributed by atoms with van der Waals surface area (Å²) in [5.41, 5.74) is 3.11. The van der Waals surface area contributed by atoms with Crippen LogP contribution in [-0.2, 0) is 19.1 Å². The number of methoxy groups -OCH3 is 1. The molecule has 5 heterocycles. The molecule has 302 valence electrons. The van der Waals surface area contributed by atoms with E-state index in [0.29, 0.717) is 42.4 Å². The van der Waals surface area contributed by atoms with Crippen molar-refractivity contribution in [1.29, 1.82) is 0 Å². The predicted octanol–water partition coefficient (Wildman–Crippen LogP) is 5.12. The number of nitrogens with one attached hydrogen (secondary N) is 4. The number of aromatic nitrogens is 4. The Morgan fingerprint density at radius 2 is 1.57 bits per heavy atom. The van der Waals surface area contributed by atoms with Crippen LogP contribution >= 0.6 is 0 Å². The number of alkyl carbamates (subject to hydrolysis) is 1. The molecular weight excluding hydrogens is 741 g/mol. The minimum atomic E-state index is -1.21. The van der Waals surface area contributed by atoms with Gasteiger partial charge in [-0.2, -0.15) is 0 Å². The van der Waals surface area contributed by atoms with Crippen molar-refractivity contribution in [3.8, 4) is 23.1 Å². The molecule has 9 rings (SSSR count). The van der Waals surface area contributed by atoms with Crippen LogP contribution in [0.1, 0.15) is 87.4 Å². The molecule has 2 aliphatic carbocycles. The minimum Gasteiger partial charge on any atom is -0.465 e. The molecule has 15 heteroatoms. The molecule has 5 fully saturated rings. The molecule has 5 N–H and O–H groups in total. The van der Waals surface area contributed by atoms with Gasteiger partial charge >= 0.3 is 12.2 Å². The number of nitrogens with zero attached hydrogens (tertiary/aromatic N) is 4. The van der Waals surface area contributed by atoms with Crippen molar-refractivity contribution in [2.24, 2.45) is 23.7 Å². The van der Waals surface area contributed by atoms with E-state index in [0.717, 1.165) is 66.1 Å². The second-order valence-electron chi connectivity index (χ2n) is 16.8. The Kier molecular flexibility index (Phi) is 9.83. The smallest absolute Gasteiger partial charge is 0.407 e. The van der Waals surface area contributed by atoms with E-state index >= 15 is 0 Å².